The van der Waals surface area contributed by atoms with E-state index in [2.05, 4.69) is 60.4 Å². The number of rotatable bonds is 0. The molecule has 0 N–H and O–H groups in total. The summed E-state index contributed by atoms with van der Waals surface area (Å²) in [6, 6.07) is 19.1. The average Bonchev–Trinajstić information content (AvgIpc) is 2.47. The first-order chi connectivity index (χ1) is 9.34. The molecule has 1 nitrogen and oxygen atoms in total. The second-order valence-electron chi connectivity index (χ2n) is 5.78. The Bertz CT molecular complexity index is 617. The minimum Gasteiger partial charge on any atom is -0.289 e. The van der Waals surface area contributed by atoms with E-state index in [0.29, 0.717) is 12.1 Å². The molecule has 0 aromatic heterocycles. The maximum Gasteiger partial charge on any atom is 0.0397 e. The summed E-state index contributed by atoms with van der Waals surface area (Å²) in [6.45, 7) is 3.55. The minimum absolute atomic E-state index is 0.545. The van der Waals surface area contributed by atoms with Gasteiger partial charge in [0.15, 0.2) is 0 Å². The van der Waals surface area contributed by atoms with Crippen molar-refractivity contribution in [2.75, 3.05) is 6.54 Å². The SMILES string of the molecule is CC1c2ccccc2CC2c3ccccc3CCN12. The lowest BCUT2D eigenvalue weighted by atomic mass is 9.81. The van der Waals surface area contributed by atoms with Crippen molar-refractivity contribution < 1.29 is 0 Å². The summed E-state index contributed by atoms with van der Waals surface area (Å²) in [5, 5.41) is 0. The van der Waals surface area contributed by atoms with Crippen LogP contribution in [-0.2, 0) is 12.8 Å². The van der Waals surface area contributed by atoms with Crippen LogP contribution < -0.4 is 0 Å². The summed E-state index contributed by atoms with van der Waals surface area (Å²) in [4.78, 5) is 2.69. The number of benzene rings is 2. The quantitative estimate of drug-likeness (QED) is 0.684. The lowest BCUT2D eigenvalue weighted by Crippen LogP contribution is -2.41. The van der Waals surface area contributed by atoms with E-state index in [0.717, 1.165) is 6.42 Å². The molecule has 0 bridgehead atoms. The molecular weight excluding hydrogens is 230 g/mol. The predicted molar refractivity (Wildman–Crippen MR) is 78.2 cm³/mol. The lowest BCUT2D eigenvalue weighted by molar-refractivity contribution is 0.118. The third-order valence-corrected chi connectivity index (χ3v) is 4.87. The summed E-state index contributed by atoms with van der Waals surface area (Å²) in [7, 11) is 0. The Kier molecular flexibility index (Phi) is 2.49. The third-order valence-electron chi connectivity index (χ3n) is 4.87. The van der Waals surface area contributed by atoms with Crippen LogP contribution in [0.1, 0.15) is 41.3 Å². The van der Waals surface area contributed by atoms with Gasteiger partial charge in [0.2, 0.25) is 0 Å². The second kappa shape index (κ2) is 4.21. The topological polar surface area (TPSA) is 3.24 Å². The highest BCUT2D eigenvalue weighted by atomic mass is 15.2. The molecule has 2 aliphatic rings. The third kappa shape index (κ3) is 1.65. The van der Waals surface area contributed by atoms with E-state index in [1.165, 1.54) is 24.1 Å². The van der Waals surface area contributed by atoms with Crippen molar-refractivity contribution in [3.63, 3.8) is 0 Å². The molecular formula is C18H19N. The molecule has 2 atom stereocenters. The van der Waals surface area contributed by atoms with Crippen molar-refractivity contribution >= 4 is 0 Å². The first kappa shape index (κ1) is 11.2. The maximum absolute atomic E-state index is 2.69. The maximum atomic E-state index is 2.69. The molecule has 0 aliphatic carbocycles. The highest BCUT2D eigenvalue weighted by Gasteiger charge is 2.35. The van der Waals surface area contributed by atoms with Crippen molar-refractivity contribution in [1.29, 1.82) is 0 Å². The highest BCUT2D eigenvalue weighted by Crippen LogP contribution is 2.43. The predicted octanol–water partition coefficient (Wildman–Crippen LogP) is 3.90. The molecule has 0 saturated carbocycles. The largest absolute Gasteiger partial charge is 0.289 e. The summed E-state index contributed by atoms with van der Waals surface area (Å²) in [5.74, 6) is 0. The molecule has 4 rings (SSSR count). The molecule has 0 spiro atoms. The van der Waals surface area contributed by atoms with Gasteiger partial charge in [-0.1, -0.05) is 48.5 Å². The van der Waals surface area contributed by atoms with Crippen LogP contribution in [0.2, 0.25) is 0 Å². The van der Waals surface area contributed by atoms with E-state index >= 15 is 0 Å². The fourth-order valence-electron chi connectivity index (χ4n) is 3.88. The van der Waals surface area contributed by atoms with E-state index in [4.69, 9.17) is 0 Å². The molecule has 0 fully saturated rings. The van der Waals surface area contributed by atoms with Gasteiger partial charge in [-0.2, -0.15) is 0 Å². The molecule has 2 aromatic carbocycles. The molecule has 0 radical (unpaired) electrons. The summed E-state index contributed by atoms with van der Waals surface area (Å²) < 4.78 is 0. The minimum atomic E-state index is 0.545. The molecule has 19 heavy (non-hydrogen) atoms. The van der Waals surface area contributed by atoms with Gasteiger partial charge in [-0.3, -0.25) is 4.90 Å². The lowest BCUT2D eigenvalue weighted by Gasteiger charge is -2.45. The van der Waals surface area contributed by atoms with Crippen LogP contribution in [-0.4, -0.2) is 11.4 Å². The Hall–Kier alpha value is -1.60. The van der Waals surface area contributed by atoms with E-state index < -0.39 is 0 Å². The molecule has 2 heterocycles. The smallest absolute Gasteiger partial charge is 0.0397 e. The number of fused-ring (bicyclic) bond motifs is 4. The van der Waals surface area contributed by atoms with Crippen LogP contribution in [0, 0.1) is 0 Å². The fraction of sp³-hybridized carbons (Fsp3) is 0.333. The Morgan fingerprint density at radius 3 is 2.42 bits per heavy atom. The van der Waals surface area contributed by atoms with E-state index in [1.807, 2.05) is 0 Å². The molecule has 0 amide bonds. The standard InChI is InChI=1S/C18H19N/c1-13-16-8-4-3-7-15(16)12-18-17-9-5-2-6-14(17)10-11-19(13)18/h2-9,13,18H,10-12H2,1H3. The fourth-order valence-corrected chi connectivity index (χ4v) is 3.88. The zero-order chi connectivity index (χ0) is 12.8. The summed E-state index contributed by atoms with van der Waals surface area (Å²) in [6.07, 6.45) is 2.36. The monoisotopic (exact) mass is 249 g/mol. The Labute approximate surface area is 114 Å². The summed E-state index contributed by atoms with van der Waals surface area (Å²) in [5.41, 5.74) is 6.16. The van der Waals surface area contributed by atoms with Gasteiger partial charge in [0.1, 0.15) is 0 Å². The highest BCUT2D eigenvalue weighted by molar-refractivity contribution is 5.40. The van der Waals surface area contributed by atoms with Gasteiger partial charge in [-0.05, 0) is 42.0 Å². The van der Waals surface area contributed by atoms with Gasteiger partial charge in [0.25, 0.3) is 0 Å². The van der Waals surface area contributed by atoms with Crippen molar-refractivity contribution in [2.45, 2.75) is 31.8 Å². The van der Waals surface area contributed by atoms with Crippen molar-refractivity contribution in [3.05, 3.63) is 70.8 Å². The van der Waals surface area contributed by atoms with Gasteiger partial charge < -0.3 is 0 Å². The first-order valence-corrected chi connectivity index (χ1v) is 7.26. The van der Waals surface area contributed by atoms with Gasteiger partial charge in [0.05, 0.1) is 0 Å². The van der Waals surface area contributed by atoms with E-state index in [9.17, 15) is 0 Å². The summed E-state index contributed by atoms with van der Waals surface area (Å²) >= 11 is 0. The number of nitrogens with zero attached hydrogens (tertiary/aromatic N) is 1. The van der Waals surface area contributed by atoms with Crippen LogP contribution in [0.25, 0.3) is 0 Å². The van der Waals surface area contributed by atoms with Crippen LogP contribution >= 0.6 is 0 Å². The Balaban J connectivity index is 1.83. The Morgan fingerprint density at radius 2 is 1.58 bits per heavy atom. The normalized spacial score (nSPS) is 25.3. The molecule has 0 saturated heterocycles. The average molecular weight is 249 g/mol. The molecule has 96 valence electrons. The van der Waals surface area contributed by atoms with E-state index in [-0.39, 0.29) is 0 Å². The van der Waals surface area contributed by atoms with Gasteiger partial charge in [-0.25, -0.2) is 0 Å². The van der Waals surface area contributed by atoms with Crippen molar-refractivity contribution in [3.8, 4) is 0 Å². The number of hydrogen-bond donors (Lipinski definition) is 0. The van der Waals surface area contributed by atoms with Crippen LogP contribution in [0.4, 0.5) is 0 Å². The molecule has 2 unspecified atom stereocenters. The number of hydrogen-bond acceptors (Lipinski definition) is 1. The van der Waals surface area contributed by atoms with Gasteiger partial charge >= 0.3 is 0 Å². The zero-order valence-corrected chi connectivity index (χ0v) is 11.3. The Morgan fingerprint density at radius 1 is 0.895 bits per heavy atom. The molecule has 1 heteroatoms. The van der Waals surface area contributed by atoms with Crippen LogP contribution in [0.5, 0.6) is 0 Å². The van der Waals surface area contributed by atoms with Crippen LogP contribution in [0.15, 0.2) is 48.5 Å². The second-order valence-corrected chi connectivity index (χ2v) is 5.78. The molecule has 2 aliphatic heterocycles. The van der Waals surface area contributed by atoms with E-state index in [1.54, 1.807) is 11.1 Å². The van der Waals surface area contributed by atoms with Gasteiger partial charge in [-0.15, -0.1) is 0 Å². The zero-order valence-electron chi connectivity index (χ0n) is 11.3. The molecule has 2 aromatic rings. The van der Waals surface area contributed by atoms with Gasteiger partial charge in [0, 0.05) is 18.6 Å². The van der Waals surface area contributed by atoms with Crippen molar-refractivity contribution in [2.24, 2.45) is 0 Å². The first-order valence-electron chi connectivity index (χ1n) is 7.26. The van der Waals surface area contributed by atoms with Crippen LogP contribution in [0.3, 0.4) is 0 Å². The van der Waals surface area contributed by atoms with Crippen molar-refractivity contribution in [1.82, 2.24) is 4.90 Å².